The number of benzene rings is 1. The van der Waals surface area contributed by atoms with E-state index in [2.05, 4.69) is 16.4 Å². The predicted octanol–water partition coefficient (Wildman–Crippen LogP) is 2.79. The van der Waals surface area contributed by atoms with E-state index in [1.165, 1.54) is 0 Å². The standard InChI is InChI=1S/C14H16N2O.ClH/c1-2-11-10-16-9-6-13(11)14(3-1)17-12-4-7-15-8-5-12;/h1-3,6,9-10,12,15H,4-5,7-8H2;1H. The lowest BCUT2D eigenvalue weighted by molar-refractivity contribution is 0.164. The molecule has 1 saturated heterocycles. The molecular weight excluding hydrogens is 248 g/mol. The van der Waals surface area contributed by atoms with Gasteiger partial charge in [0.15, 0.2) is 0 Å². The van der Waals surface area contributed by atoms with Crippen molar-refractivity contribution >= 4 is 23.2 Å². The molecule has 1 aromatic heterocycles. The fraction of sp³-hybridized carbons (Fsp3) is 0.357. The summed E-state index contributed by atoms with van der Waals surface area (Å²) in [6.07, 6.45) is 6.21. The Morgan fingerprint density at radius 2 is 2.00 bits per heavy atom. The predicted molar refractivity (Wildman–Crippen MR) is 75.5 cm³/mol. The molecule has 96 valence electrons. The van der Waals surface area contributed by atoms with Gasteiger partial charge in [0.2, 0.25) is 0 Å². The summed E-state index contributed by atoms with van der Waals surface area (Å²) in [5.41, 5.74) is 0. The highest BCUT2D eigenvalue weighted by Crippen LogP contribution is 2.26. The number of hydrogen-bond acceptors (Lipinski definition) is 3. The third kappa shape index (κ3) is 2.74. The van der Waals surface area contributed by atoms with Crippen LogP contribution in [0.3, 0.4) is 0 Å². The van der Waals surface area contributed by atoms with Crippen molar-refractivity contribution in [2.24, 2.45) is 0 Å². The Hall–Kier alpha value is -1.32. The molecule has 1 aliphatic rings. The van der Waals surface area contributed by atoms with Crippen LogP contribution in [0.25, 0.3) is 10.8 Å². The van der Waals surface area contributed by atoms with Crippen molar-refractivity contribution < 1.29 is 4.74 Å². The van der Waals surface area contributed by atoms with Crippen LogP contribution in [-0.4, -0.2) is 24.2 Å². The Kier molecular flexibility index (Phi) is 4.39. The molecule has 1 aromatic carbocycles. The first-order chi connectivity index (χ1) is 8.43. The molecule has 0 aliphatic carbocycles. The number of nitrogens with one attached hydrogen (secondary N) is 1. The average Bonchev–Trinajstić information content (AvgIpc) is 2.40. The van der Waals surface area contributed by atoms with Gasteiger partial charge in [0.05, 0.1) is 0 Å². The lowest BCUT2D eigenvalue weighted by Gasteiger charge is -2.24. The second-order valence-corrected chi connectivity index (χ2v) is 4.42. The number of aromatic nitrogens is 1. The van der Waals surface area contributed by atoms with Gasteiger partial charge in [-0.3, -0.25) is 4.98 Å². The molecule has 0 radical (unpaired) electrons. The molecule has 0 saturated carbocycles. The van der Waals surface area contributed by atoms with Crippen LogP contribution in [0.4, 0.5) is 0 Å². The third-order valence-electron chi connectivity index (χ3n) is 3.22. The molecule has 3 rings (SSSR count). The zero-order valence-electron chi connectivity index (χ0n) is 10.1. The Morgan fingerprint density at radius 3 is 2.83 bits per heavy atom. The van der Waals surface area contributed by atoms with Gasteiger partial charge in [0.25, 0.3) is 0 Å². The van der Waals surface area contributed by atoms with Gasteiger partial charge in [-0.15, -0.1) is 12.4 Å². The lowest BCUT2D eigenvalue weighted by Crippen LogP contribution is -2.34. The van der Waals surface area contributed by atoms with Gasteiger partial charge in [0.1, 0.15) is 11.9 Å². The second-order valence-electron chi connectivity index (χ2n) is 4.42. The van der Waals surface area contributed by atoms with E-state index in [0.29, 0.717) is 6.10 Å². The molecule has 1 fully saturated rings. The number of ether oxygens (including phenoxy) is 1. The van der Waals surface area contributed by atoms with E-state index in [9.17, 15) is 0 Å². The number of piperidine rings is 1. The highest BCUT2D eigenvalue weighted by atomic mass is 35.5. The molecule has 1 aliphatic heterocycles. The van der Waals surface area contributed by atoms with Gasteiger partial charge in [-0.1, -0.05) is 12.1 Å². The fourth-order valence-corrected chi connectivity index (χ4v) is 2.29. The van der Waals surface area contributed by atoms with Crippen LogP contribution in [0.1, 0.15) is 12.8 Å². The summed E-state index contributed by atoms with van der Waals surface area (Å²) < 4.78 is 6.10. The van der Waals surface area contributed by atoms with Crippen LogP contribution in [0.2, 0.25) is 0 Å². The van der Waals surface area contributed by atoms with Crippen molar-refractivity contribution in [2.75, 3.05) is 13.1 Å². The minimum atomic E-state index is 0. The minimum absolute atomic E-state index is 0. The second kappa shape index (κ2) is 6.03. The van der Waals surface area contributed by atoms with Gasteiger partial charge in [-0.05, 0) is 38.1 Å². The largest absolute Gasteiger partial charge is 0.490 e. The van der Waals surface area contributed by atoms with E-state index in [-0.39, 0.29) is 12.4 Å². The van der Waals surface area contributed by atoms with Gasteiger partial charge in [-0.2, -0.15) is 0 Å². The normalized spacial score (nSPS) is 16.2. The van der Waals surface area contributed by atoms with Crippen LogP contribution in [-0.2, 0) is 0 Å². The van der Waals surface area contributed by atoms with E-state index >= 15 is 0 Å². The lowest BCUT2D eigenvalue weighted by atomic mass is 10.1. The van der Waals surface area contributed by atoms with Crippen molar-refractivity contribution in [3.63, 3.8) is 0 Å². The molecular formula is C14H17ClN2O. The van der Waals surface area contributed by atoms with Crippen molar-refractivity contribution in [1.82, 2.24) is 10.3 Å². The van der Waals surface area contributed by atoms with E-state index in [1.807, 2.05) is 30.6 Å². The number of rotatable bonds is 2. The summed E-state index contributed by atoms with van der Waals surface area (Å²) in [4.78, 5) is 4.14. The van der Waals surface area contributed by atoms with Gasteiger partial charge in [0, 0.05) is 23.2 Å². The van der Waals surface area contributed by atoms with Gasteiger partial charge in [-0.25, -0.2) is 0 Å². The fourth-order valence-electron chi connectivity index (χ4n) is 2.29. The van der Waals surface area contributed by atoms with Gasteiger partial charge >= 0.3 is 0 Å². The maximum absolute atomic E-state index is 6.10. The number of hydrogen-bond donors (Lipinski definition) is 1. The molecule has 0 atom stereocenters. The number of nitrogens with zero attached hydrogens (tertiary/aromatic N) is 1. The third-order valence-corrected chi connectivity index (χ3v) is 3.22. The summed E-state index contributed by atoms with van der Waals surface area (Å²) in [6.45, 7) is 2.11. The van der Waals surface area contributed by atoms with E-state index in [4.69, 9.17) is 4.74 Å². The summed E-state index contributed by atoms with van der Waals surface area (Å²) in [5, 5.41) is 5.64. The molecule has 4 heteroatoms. The summed E-state index contributed by atoms with van der Waals surface area (Å²) in [7, 11) is 0. The number of halogens is 1. The van der Waals surface area contributed by atoms with Gasteiger partial charge < -0.3 is 10.1 Å². The Labute approximate surface area is 113 Å². The molecule has 3 nitrogen and oxygen atoms in total. The average molecular weight is 265 g/mol. The Bertz CT molecular complexity index is 507. The highest BCUT2D eigenvalue weighted by Gasteiger charge is 2.15. The van der Waals surface area contributed by atoms with Crippen molar-refractivity contribution in [1.29, 1.82) is 0 Å². The van der Waals surface area contributed by atoms with Crippen molar-refractivity contribution in [3.05, 3.63) is 36.7 Å². The highest BCUT2D eigenvalue weighted by molar-refractivity contribution is 5.87. The minimum Gasteiger partial charge on any atom is -0.490 e. The molecule has 0 unspecified atom stereocenters. The van der Waals surface area contributed by atoms with E-state index < -0.39 is 0 Å². The molecule has 2 heterocycles. The quantitative estimate of drug-likeness (QED) is 0.906. The number of fused-ring (bicyclic) bond motifs is 1. The van der Waals surface area contributed by atoms with Crippen LogP contribution in [0.5, 0.6) is 5.75 Å². The van der Waals surface area contributed by atoms with Crippen LogP contribution >= 0.6 is 12.4 Å². The molecule has 2 aromatic rings. The van der Waals surface area contributed by atoms with E-state index in [1.54, 1.807) is 0 Å². The number of pyridine rings is 1. The maximum atomic E-state index is 6.10. The first-order valence-electron chi connectivity index (χ1n) is 6.13. The smallest absolute Gasteiger partial charge is 0.127 e. The molecule has 0 amide bonds. The zero-order valence-corrected chi connectivity index (χ0v) is 11.0. The van der Waals surface area contributed by atoms with Crippen LogP contribution in [0, 0.1) is 0 Å². The monoisotopic (exact) mass is 264 g/mol. The molecule has 1 N–H and O–H groups in total. The Morgan fingerprint density at radius 1 is 1.17 bits per heavy atom. The summed E-state index contributed by atoms with van der Waals surface area (Å²) in [6, 6.07) is 8.16. The molecule has 18 heavy (non-hydrogen) atoms. The van der Waals surface area contributed by atoms with Crippen molar-refractivity contribution in [3.8, 4) is 5.75 Å². The van der Waals surface area contributed by atoms with Crippen LogP contribution < -0.4 is 10.1 Å². The first kappa shape index (κ1) is 13.1. The van der Waals surface area contributed by atoms with Crippen molar-refractivity contribution in [2.45, 2.75) is 18.9 Å². The first-order valence-corrected chi connectivity index (χ1v) is 6.13. The molecule has 0 spiro atoms. The summed E-state index contributed by atoms with van der Waals surface area (Å²) >= 11 is 0. The molecule has 0 bridgehead atoms. The topological polar surface area (TPSA) is 34.1 Å². The summed E-state index contributed by atoms with van der Waals surface area (Å²) in [5.74, 6) is 0.983. The Balaban J connectivity index is 0.00000120. The maximum Gasteiger partial charge on any atom is 0.127 e. The van der Waals surface area contributed by atoms with E-state index in [0.717, 1.165) is 42.5 Å². The van der Waals surface area contributed by atoms with Crippen LogP contribution in [0.15, 0.2) is 36.7 Å². The SMILES string of the molecule is Cl.c1cc(OC2CCNCC2)c2ccncc2c1. The zero-order chi connectivity index (χ0) is 11.5.